The Bertz CT molecular complexity index is 1250. The number of hydrogen-bond donors (Lipinski definition) is 3. The molecular formula is C30H44N4O6S. The predicted octanol–water partition coefficient (Wildman–Crippen LogP) is 2.36. The van der Waals surface area contributed by atoms with E-state index in [2.05, 4.69) is 10.2 Å². The number of nitrogens with zero attached hydrogens (tertiary/aromatic N) is 3. The van der Waals surface area contributed by atoms with Crippen molar-refractivity contribution in [2.24, 2.45) is 23.7 Å². The maximum Gasteiger partial charge on any atom is 0.320 e. The molecule has 11 heteroatoms. The molecule has 7 fully saturated rings. The van der Waals surface area contributed by atoms with Gasteiger partial charge < -0.3 is 25.2 Å². The summed E-state index contributed by atoms with van der Waals surface area (Å²) in [5.74, 6) is 2.21. The second-order valence-corrected chi connectivity index (χ2v) is 16.0. The molecule has 1 aromatic rings. The van der Waals surface area contributed by atoms with E-state index in [0.29, 0.717) is 63.4 Å². The van der Waals surface area contributed by atoms with E-state index in [1.54, 1.807) is 4.90 Å². The molecule has 8 atom stereocenters. The van der Waals surface area contributed by atoms with Crippen molar-refractivity contribution in [2.45, 2.75) is 81.2 Å². The number of ether oxygens (including phenoxy) is 1. The van der Waals surface area contributed by atoms with Gasteiger partial charge in [-0.15, -0.1) is 0 Å². The number of carbonyl (C=O) groups excluding carboxylic acids is 1. The first-order valence-electron chi connectivity index (χ1n) is 15.5. The smallest absolute Gasteiger partial charge is 0.320 e. The van der Waals surface area contributed by atoms with Gasteiger partial charge in [0.25, 0.3) is 0 Å². The second-order valence-electron chi connectivity index (χ2n) is 14.0. The summed E-state index contributed by atoms with van der Waals surface area (Å²) in [6.45, 7) is 2.79. The van der Waals surface area contributed by atoms with Crippen LogP contribution < -0.4 is 15.0 Å². The zero-order valence-corrected chi connectivity index (χ0v) is 24.8. The van der Waals surface area contributed by atoms with Crippen LogP contribution in [0.15, 0.2) is 24.3 Å². The fraction of sp³-hybridized carbons (Fsp3) is 0.767. The van der Waals surface area contributed by atoms with Crippen LogP contribution in [-0.2, 0) is 10.0 Å². The van der Waals surface area contributed by atoms with Crippen LogP contribution in [0.5, 0.6) is 5.75 Å². The van der Waals surface area contributed by atoms with Crippen molar-refractivity contribution in [1.29, 1.82) is 0 Å². The lowest BCUT2D eigenvalue weighted by atomic mass is 9.52. The maximum atomic E-state index is 13.6. The topological polar surface area (TPSA) is 123 Å². The number of piperidine rings is 1. The molecule has 2 amide bonds. The monoisotopic (exact) mass is 588 g/mol. The summed E-state index contributed by atoms with van der Waals surface area (Å²) >= 11 is 0. The Labute approximate surface area is 243 Å². The number of nitrogens with one attached hydrogen (secondary N) is 1. The average Bonchev–Trinajstić information content (AvgIpc) is 3.13. The van der Waals surface area contributed by atoms with Gasteiger partial charge in [0.2, 0.25) is 10.0 Å². The summed E-state index contributed by atoms with van der Waals surface area (Å²) in [6.07, 6.45) is 8.69. The minimum Gasteiger partial charge on any atom is -0.493 e. The normalized spacial score (nSPS) is 40.2. The number of fused-ring (bicyclic) bond motifs is 2. The van der Waals surface area contributed by atoms with Crippen LogP contribution in [0.3, 0.4) is 0 Å². The number of sulfonamides is 1. The minimum absolute atomic E-state index is 0.0105. The predicted molar refractivity (Wildman–Crippen MR) is 154 cm³/mol. The van der Waals surface area contributed by atoms with Crippen LogP contribution >= 0.6 is 0 Å². The van der Waals surface area contributed by atoms with Crippen LogP contribution in [0.2, 0.25) is 0 Å². The third-order valence-electron chi connectivity index (χ3n) is 11.1. The highest BCUT2D eigenvalue weighted by Gasteiger charge is 2.57. The molecule has 7 aliphatic rings. The van der Waals surface area contributed by atoms with E-state index in [1.165, 1.54) is 10.6 Å². The third-order valence-corrected chi connectivity index (χ3v) is 12.4. The molecule has 226 valence electrons. The van der Waals surface area contributed by atoms with Crippen molar-refractivity contribution in [3.05, 3.63) is 24.3 Å². The summed E-state index contributed by atoms with van der Waals surface area (Å²) in [6, 6.07) is 7.91. The van der Waals surface area contributed by atoms with E-state index in [1.807, 2.05) is 24.3 Å². The molecule has 6 unspecified atom stereocenters. The molecule has 3 aliphatic heterocycles. The molecule has 3 N–H and O–H groups in total. The van der Waals surface area contributed by atoms with Crippen molar-refractivity contribution < 1.29 is 28.2 Å². The van der Waals surface area contributed by atoms with E-state index < -0.39 is 21.3 Å². The van der Waals surface area contributed by atoms with Gasteiger partial charge >= 0.3 is 6.03 Å². The van der Waals surface area contributed by atoms with Gasteiger partial charge in [-0.05, 0) is 99.3 Å². The summed E-state index contributed by atoms with van der Waals surface area (Å²) < 4.78 is 31.2. The van der Waals surface area contributed by atoms with E-state index in [0.717, 1.165) is 56.4 Å². The van der Waals surface area contributed by atoms with E-state index in [-0.39, 0.29) is 24.0 Å². The Morgan fingerprint density at radius 1 is 1.00 bits per heavy atom. The largest absolute Gasteiger partial charge is 0.493 e. The van der Waals surface area contributed by atoms with E-state index in [4.69, 9.17) is 4.74 Å². The molecule has 3 heterocycles. The molecule has 41 heavy (non-hydrogen) atoms. The van der Waals surface area contributed by atoms with E-state index >= 15 is 0 Å². The van der Waals surface area contributed by atoms with Crippen LogP contribution in [0.1, 0.15) is 57.8 Å². The molecule has 0 radical (unpaired) electrons. The molecule has 0 aromatic heterocycles. The van der Waals surface area contributed by atoms with Crippen molar-refractivity contribution in [3.63, 3.8) is 0 Å². The van der Waals surface area contributed by atoms with Crippen molar-refractivity contribution >= 4 is 21.7 Å². The summed E-state index contributed by atoms with van der Waals surface area (Å²) in [5, 5.41) is 25.9. The quantitative estimate of drug-likeness (QED) is 0.466. The number of carbonyl (C=O) groups is 1. The molecule has 10 nitrogen and oxygen atoms in total. The number of rotatable bonds is 6. The van der Waals surface area contributed by atoms with E-state index in [9.17, 15) is 23.4 Å². The highest BCUT2D eigenvalue weighted by Crippen LogP contribution is 2.56. The Kier molecular flexibility index (Phi) is 6.76. The highest BCUT2D eigenvalue weighted by molar-refractivity contribution is 7.88. The van der Waals surface area contributed by atoms with Crippen LogP contribution in [0, 0.1) is 23.7 Å². The van der Waals surface area contributed by atoms with Gasteiger partial charge in [-0.25, -0.2) is 13.2 Å². The SMILES string of the molecule is CS(=O)(=O)N1CCN(c2ccc(OCC3CC4CCC(O)(C3)N4C(=O)NC3[C@@H]4CC5C[C@H]3CC(O)(C5)C4)cc2)CC1. The number of benzene rings is 1. The highest BCUT2D eigenvalue weighted by atomic mass is 32.2. The van der Waals surface area contributed by atoms with Gasteiger partial charge in [0.1, 0.15) is 11.5 Å². The first-order valence-corrected chi connectivity index (χ1v) is 17.3. The number of urea groups is 1. The van der Waals surface area contributed by atoms with Crippen LogP contribution in [-0.4, -0.2) is 96.3 Å². The molecule has 8 rings (SSSR count). The number of aliphatic hydroxyl groups is 2. The molecule has 6 bridgehead atoms. The third kappa shape index (κ3) is 5.21. The molecule has 4 aliphatic carbocycles. The lowest BCUT2D eigenvalue weighted by Crippen LogP contribution is -2.65. The summed E-state index contributed by atoms with van der Waals surface area (Å²) in [5.41, 5.74) is -0.614. The van der Waals surface area contributed by atoms with Gasteiger partial charge in [0.15, 0.2) is 0 Å². The number of piperazine rings is 1. The second kappa shape index (κ2) is 9.99. The maximum absolute atomic E-state index is 13.6. The number of hydrogen-bond acceptors (Lipinski definition) is 7. The van der Waals surface area contributed by atoms with Gasteiger partial charge in [-0.1, -0.05) is 0 Å². The Hall–Kier alpha value is -2.08. The first kappa shape index (κ1) is 27.7. The van der Waals surface area contributed by atoms with Crippen molar-refractivity contribution in [1.82, 2.24) is 14.5 Å². The Morgan fingerprint density at radius 2 is 1.68 bits per heavy atom. The summed E-state index contributed by atoms with van der Waals surface area (Å²) in [4.78, 5) is 17.5. The number of anilines is 1. The minimum atomic E-state index is -3.15. The number of amides is 2. The summed E-state index contributed by atoms with van der Waals surface area (Å²) in [7, 11) is -3.15. The molecule has 1 aromatic carbocycles. The van der Waals surface area contributed by atoms with Gasteiger partial charge in [-0.3, -0.25) is 4.90 Å². The zero-order chi connectivity index (χ0) is 28.6. The molecular weight excluding hydrogens is 544 g/mol. The van der Waals surface area contributed by atoms with Crippen LogP contribution in [0.25, 0.3) is 0 Å². The fourth-order valence-corrected chi connectivity index (χ4v) is 10.3. The lowest BCUT2D eigenvalue weighted by Gasteiger charge is -2.58. The lowest BCUT2D eigenvalue weighted by molar-refractivity contribution is -0.141. The Balaban J connectivity index is 0.921. The van der Waals surface area contributed by atoms with Crippen molar-refractivity contribution in [2.75, 3.05) is 43.9 Å². The van der Waals surface area contributed by atoms with Crippen molar-refractivity contribution in [3.8, 4) is 5.75 Å². The molecule has 0 spiro atoms. The Morgan fingerprint density at radius 3 is 2.29 bits per heavy atom. The molecule has 4 saturated carbocycles. The van der Waals surface area contributed by atoms with Gasteiger partial charge in [0, 0.05) is 50.4 Å². The first-order chi connectivity index (χ1) is 19.5. The fourth-order valence-electron chi connectivity index (χ4n) is 9.50. The molecule has 3 saturated heterocycles. The zero-order valence-electron chi connectivity index (χ0n) is 24.0. The van der Waals surface area contributed by atoms with Gasteiger partial charge in [0.05, 0.1) is 18.5 Å². The average molecular weight is 589 g/mol. The van der Waals surface area contributed by atoms with Crippen LogP contribution in [0.4, 0.5) is 10.5 Å². The van der Waals surface area contributed by atoms with Gasteiger partial charge in [-0.2, -0.15) is 4.31 Å². The standard InChI is InChI=1S/C30H44N4O6S/c1-41(38,39)33-10-8-32(9-11-33)24-2-4-26(5-3-24)40-19-21-14-25-6-7-30(37,16-21)34(25)28(35)31-27-22-12-20-13-23(27)18-29(36,15-20)17-22/h2-5,20-23,25,27,36-37H,6-19H2,1H3,(H,31,35)/t20?,21?,22-,23+,25?,27?,29?,30?.